The molecule has 0 radical (unpaired) electrons. The first kappa shape index (κ1) is 50.3. The van der Waals surface area contributed by atoms with Crippen molar-refractivity contribution in [2.45, 2.75) is 58.2 Å². The summed E-state index contributed by atoms with van der Waals surface area (Å²) < 4.78 is 33.5. The molecule has 14 rings (SSSR count). The summed E-state index contributed by atoms with van der Waals surface area (Å²) >= 11 is 0. The molecule has 0 bridgehead atoms. The molecular formula is C81H68N4O. The van der Waals surface area contributed by atoms with E-state index in [0.717, 1.165) is 114 Å². The number of aryl methyl sites for hydroxylation is 1. The van der Waals surface area contributed by atoms with Gasteiger partial charge in [0, 0.05) is 50.0 Å². The molecule has 11 aromatic carbocycles. The highest BCUT2D eigenvalue weighted by Gasteiger charge is 2.39. The van der Waals surface area contributed by atoms with Crippen LogP contribution in [0.2, 0.25) is 0 Å². The van der Waals surface area contributed by atoms with Gasteiger partial charge in [-0.1, -0.05) is 228 Å². The Morgan fingerprint density at radius 2 is 0.953 bits per heavy atom. The molecule has 1 N–H and O–H groups in total. The van der Waals surface area contributed by atoms with E-state index in [9.17, 15) is 0 Å². The van der Waals surface area contributed by atoms with Crippen molar-refractivity contribution in [3.8, 4) is 89.4 Å². The van der Waals surface area contributed by atoms with Crippen molar-refractivity contribution in [3.05, 3.63) is 296 Å². The van der Waals surface area contributed by atoms with Crippen LogP contribution in [0, 0.1) is 6.85 Å². The predicted octanol–water partition coefficient (Wildman–Crippen LogP) is 22.2. The SMILES string of the molecule is [2H]C([2H])([2H])c1cc(Nc2cccc(-c3ccccc3)c2-c2ccc(Oc3cccc(N4CN(c5c(-c6ccccc6)cccc5-c5cc(-c6ccccc6)cc(-c6ccccc6)c5)c5ccccc54)c3)cc2)ncc1-c1cccc2c1C(C)(C)CCC2(C)C. The molecule has 1 aliphatic carbocycles. The highest BCUT2D eigenvalue weighted by atomic mass is 16.5. The van der Waals surface area contributed by atoms with Gasteiger partial charge < -0.3 is 19.9 Å². The summed E-state index contributed by atoms with van der Waals surface area (Å²) in [5.74, 6) is 1.84. The van der Waals surface area contributed by atoms with Crippen LogP contribution in [0.1, 0.15) is 61.3 Å². The van der Waals surface area contributed by atoms with Crippen LogP contribution in [0.4, 0.5) is 34.3 Å². The van der Waals surface area contributed by atoms with Gasteiger partial charge in [-0.2, -0.15) is 0 Å². The van der Waals surface area contributed by atoms with E-state index in [1.54, 1.807) is 12.3 Å². The summed E-state index contributed by atoms with van der Waals surface area (Å²) in [6.07, 6.45) is 3.82. The van der Waals surface area contributed by atoms with Crippen LogP contribution in [0.3, 0.4) is 0 Å². The Kier molecular flexibility index (Phi) is 13.1. The minimum atomic E-state index is -2.40. The van der Waals surface area contributed by atoms with Gasteiger partial charge >= 0.3 is 0 Å². The lowest BCUT2D eigenvalue weighted by atomic mass is 9.61. The molecule has 0 spiro atoms. The normalized spacial score (nSPS) is 14.5. The molecule has 418 valence electrons. The number of benzene rings is 11. The number of aromatic nitrogens is 1. The van der Waals surface area contributed by atoms with E-state index < -0.39 is 6.85 Å². The number of nitrogens with zero attached hydrogens (tertiary/aromatic N) is 3. The number of hydrogen-bond acceptors (Lipinski definition) is 5. The maximum absolute atomic E-state index is 8.89. The Balaban J connectivity index is 0.790. The third kappa shape index (κ3) is 10.3. The van der Waals surface area contributed by atoms with Gasteiger partial charge in [0.2, 0.25) is 0 Å². The van der Waals surface area contributed by atoms with Crippen molar-refractivity contribution < 1.29 is 8.85 Å². The molecular weight excluding hydrogens is 1040 g/mol. The van der Waals surface area contributed by atoms with Crippen LogP contribution < -0.4 is 19.9 Å². The largest absolute Gasteiger partial charge is 0.457 e. The van der Waals surface area contributed by atoms with E-state index in [0.29, 0.717) is 29.5 Å². The van der Waals surface area contributed by atoms with E-state index in [1.165, 1.54) is 11.1 Å². The summed E-state index contributed by atoms with van der Waals surface area (Å²) in [6, 6.07) is 95.6. The van der Waals surface area contributed by atoms with E-state index in [-0.39, 0.29) is 16.4 Å². The van der Waals surface area contributed by atoms with E-state index in [2.05, 4.69) is 261 Å². The molecule has 12 aromatic rings. The quantitative estimate of drug-likeness (QED) is 0.125. The van der Waals surface area contributed by atoms with Gasteiger partial charge in [0.25, 0.3) is 0 Å². The first-order valence-electron chi connectivity index (χ1n) is 31.3. The maximum atomic E-state index is 8.89. The van der Waals surface area contributed by atoms with Gasteiger partial charge in [0.05, 0.1) is 17.1 Å². The van der Waals surface area contributed by atoms with Crippen LogP contribution in [0.25, 0.3) is 77.9 Å². The van der Waals surface area contributed by atoms with Crippen LogP contribution >= 0.6 is 0 Å². The molecule has 5 nitrogen and oxygen atoms in total. The third-order valence-electron chi connectivity index (χ3n) is 17.6. The molecule has 0 unspecified atom stereocenters. The first-order valence-corrected chi connectivity index (χ1v) is 29.8. The van der Waals surface area contributed by atoms with Crippen LogP contribution in [-0.4, -0.2) is 11.7 Å². The number of fused-ring (bicyclic) bond motifs is 2. The van der Waals surface area contributed by atoms with Crippen LogP contribution in [0.5, 0.6) is 11.5 Å². The highest BCUT2D eigenvalue weighted by molar-refractivity contribution is 6.00. The second-order valence-corrected chi connectivity index (χ2v) is 24.0. The lowest BCUT2D eigenvalue weighted by Crippen LogP contribution is -2.34. The fourth-order valence-electron chi connectivity index (χ4n) is 13.1. The third-order valence-corrected chi connectivity index (χ3v) is 17.6. The molecule has 1 aliphatic heterocycles. The molecule has 0 saturated heterocycles. The van der Waals surface area contributed by atoms with E-state index in [1.807, 2.05) is 48.5 Å². The second-order valence-electron chi connectivity index (χ2n) is 24.0. The first-order chi connectivity index (χ1) is 43.2. The molecule has 2 aliphatic rings. The number of hydrogen-bond donors (Lipinski definition) is 1. The lowest BCUT2D eigenvalue weighted by Gasteiger charge is -2.43. The molecule has 86 heavy (non-hydrogen) atoms. The van der Waals surface area contributed by atoms with Crippen molar-refractivity contribution in [3.63, 3.8) is 0 Å². The molecule has 2 heterocycles. The average molecular weight is 1120 g/mol. The lowest BCUT2D eigenvalue weighted by molar-refractivity contribution is 0.333. The van der Waals surface area contributed by atoms with E-state index in [4.69, 9.17) is 13.8 Å². The Labute approximate surface area is 510 Å². The Morgan fingerprint density at radius 1 is 0.419 bits per heavy atom. The molecule has 0 amide bonds. The molecule has 0 saturated carbocycles. The summed E-state index contributed by atoms with van der Waals surface area (Å²) in [4.78, 5) is 9.84. The zero-order chi connectivity index (χ0) is 60.9. The van der Waals surface area contributed by atoms with Crippen molar-refractivity contribution in [1.82, 2.24) is 4.98 Å². The summed E-state index contributed by atoms with van der Waals surface area (Å²) in [6.45, 7) is 7.28. The number of rotatable bonds is 13. The van der Waals surface area contributed by atoms with Crippen molar-refractivity contribution in [2.24, 2.45) is 0 Å². The highest BCUT2D eigenvalue weighted by Crippen LogP contribution is 2.53. The fourth-order valence-corrected chi connectivity index (χ4v) is 13.1. The second kappa shape index (κ2) is 22.4. The van der Waals surface area contributed by atoms with Gasteiger partial charge in [-0.15, -0.1) is 0 Å². The number of pyridine rings is 1. The number of ether oxygens (including phenoxy) is 1. The zero-order valence-electron chi connectivity index (χ0n) is 51.9. The van der Waals surface area contributed by atoms with Crippen molar-refractivity contribution >= 4 is 34.3 Å². The standard InChI is InChI=1S/C81H68N4O/c1-55-48-76(82-53-71(55)70-37-22-38-72-78(70)81(4,5)47-46-80(72,2)3)83-73-39-23-34-67(58-28-14-8-15-29-58)77(73)60-42-44-65(45-43-60)86-66-33-20-32-64(52-66)84-54-85(75-41-19-18-40-74(75)84)79-68(59-30-16-9-17-31-59)35-21-36-69(79)63-50-61(56-24-10-6-11-25-56)49-62(51-63)57-26-12-7-13-27-57/h6-45,48-53H,46-47,54H2,1-5H3,(H,82,83)/i1D3. The van der Waals surface area contributed by atoms with Crippen LogP contribution in [-0.2, 0) is 10.8 Å². The fraction of sp³-hybridized carbons (Fsp3) is 0.123. The smallest absolute Gasteiger partial charge is 0.130 e. The minimum Gasteiger partial charge on any atom is -0.457 e. The summed E-state index contributed by atoms with van der Waals surface area (Å²) in [7, 11) is 0. The maximum Gasteiger partial charge on any atom is 0.130 e. The summed E-state index contributed by atoms with van der Waals surface area (Å²) in [5, 5.41) is 3.61. The van der Waals surface area contributed by atoms with Crippen LogP contribution in [0.15, 0.2) is 279 Å². The Hall–Kier alpha value is -10.2. The molecule has 0 atom stereocenters. The number of anilines is 6. The molecule has 0 fully saturated rings. The Morgan fingerprint density at radius 3 is 1.62 bits per heavy atom. The molecule has 5 heteroatoms. The monoisotopic (exact) mass is 1120 g/mol. The van der Waals surface area contributed by atoms with Gasteiger partial charge in [0.15, 0.2) is 0 Å². The minimum absolute atomic E-state index is 0.0348. The van der Waals surface area contributed by atoms with Gasteiger partial charge in [-0.3, -0.25) is 0 Å². The topological polar surface area (TPSA) is 40.6 Å². The number of para-hydroxylation sites is 3. The predicted molar refractivity (Wildman–Crippen MR) is 361 cm³/mol. The van der Waals surface area contributed by atoms with Gasteiger partial charge in [-0.25, -0.2) is 4.98 Å². The summed E-state index contributed by atoms with van der Waals surface area (Å²) in [5.41, 5.74) is 22.4. The van der Waals surface area contributed by atoms with Crippen molar-refractivity contribution in [2.75, 3.05) is 21.8 Å². The molecule has 1 aromatic heterocycles. The van der Waals surface area contributed by atoms with E-state index >= 15 is 0 Å². The zero-order valence-corrected chi connectivity index (χ0v) is 48.9. The average Bonchev–Trinajstić information content (AvgIpc) is 2.79. The van der Waals surface area contributed by atoms with Gasteiger partial charge in [-0.05, 0) is 170 Å². The Bertz CT molecular complexity index is 4510. The van der Waals surface area contributed by atoms with Gasteiger partial charge in [0.1, 0.15) is 24.0 Å². The van der Waals surface area contributed by atoms with Crippen molar-refractivity contribution in [1.29, 1.82) is 0 Å². The number of nitrogens with one attached hydrogen (secondary N) is 1.